The molecule has 1 atom stereocenters. The Kier molecular flexibility index (Phi) is 9.96. The van der Waals surface area contributed by atoms with Gasteiger partial charge < -0.3 is 9.47 Å². The van der Waals surface area contributed by atoms with Crippen LogP contribution in [0, 0.1) is 0 Å². The SMILES string of the molecule is C=C1/C=C(c2ccc3c4c(n(-c5cc(C6=CC=CCC=C6)nc(-c6ccccc6)c5)c3c2)C(C)C=CC=C4)\C=C/CN(C2=CC=CCC2)C(/C=C\C)=C\1C. The monoisotopic (exact) mass is 701 g/mol. The van der Waals surface area contributed by atoms with Crippen molar-refractivity contribution in [2.45, 2.75) is 46.0 Å². The number of allylic oxidation sites excluding steroid dienone is 20. The van der Waals surface area contributed by atoms with E-state index in [1.165, 1.54) is 39.1 Å². The molecule has 8 rings (SSSR count). The van der Waals surface area contributed by atoms with Crippen molar-refractivity contribution >= 4 is 28.1 Å². The highest BCUT2D eigenvalue weighted by atomic mass is 15.1. The van der Waals surface area contributed by atoms with Gasteiger partial charge in [-0.25, -0.2) is 4.98 Å². The summed E-state index contributed by atoms with van der Waals surface area (Å²) < 4.78 is 2.49. The van der Waals surface area contributed by atoms with Crippen molar-refractivity contribution in [3.63, 3.8) is 0 Å². The Bertz CT molecular complexity index is 2480. The summed E-state index contributed by atoms with van der Waals surface area (Å²) >= 11 is 0. The number of nitrogens with zero attached hydrogens (tertiary/aromatic N) is 3. The predicted octanol–water partition coefficient (Wildman–Crippen LogP) is 13.2. The fraction of sp³-hybridized carbons (Fsp3) is 0.157. The Labute approximate surface area is 320 Å². The maximum absolute atomic E-state index is 5.26. The van der Waals surface area contributed by atoms with Gasteiger partial charge in [0.1, 0.15) is 0 Å². The maximum atomic E-state index is 5.26. The highest BCUT2D eigenvalue weighted by Gasteiger charge is 2.24. The van der Waals surface area contributed by atoms with Gasteiger partial charge in [0.25, 0.3) is 0 Å². The first-order valence-corrected chi connectivity index (χ1v) is 19.2. The van der Waals surface area contributed by atoms with Crippen LogP contribution in [0.1, 0.15) is 68.5 Å². The van der Waals surface area contributed by atoms with Gasteiger partial charge in [-0.05, 0) is 97.4 Å². The molecule has 4 aliphatic rings. The molecule has 0 N–H and O–H groups in total. The van der Waals surface area contributed by atoms with Crippen LogP contribution in [-0.4, -0.2) is 21.0 Å². The van der Waals surface area contributed by atoms with E-state index in [-0.39, 0.29) is 5.92 Å². The molecule has 3 aliphatic carbocycles. The normalized spacial score (nSPS) is 21.5. The van der Waals surface area contributed by atoms with E-state index in [1.807, 2.05) is 0 Å². The lowest BCUT2D eigenvalue weighted by Gasteiger charge is -2.30. The molecule has 266 valence electrons. The summed E-state index contributed by atoms with van der Waals surface area (Å²) in [5, 5.41) is 1.23. The summed E-state index contributed by atoms with van der Waals surface area (Å²) in [6.45, 7) is 12.0. The first kappa shape index (κ1) is 34.9. The highest BCUT2D eigenvalue weighted by Crippen LogP contribution is 2.40. The summed E-state index contributed by atoms with van der Waals surface area (Å²) in [5.41, 5.74) is 16.0. The smallest absolute Gasteiger partial charge is 0.0730 e. The zero-order chi connectivity index (χ0) is 37.0. The number of benzene rings is 2. The van der Waals surface area contributed by atoms with Crippen LogP contribution in [0.2, 0.25) is 0 Å². The predicted molar refractivity (Wildman–Crippen MR) is 231 cm³/mol. The van der Waals surface area contributed by atoms with E-state index in [4.69, 9.17) is 4.98 Å². The fourth-order valence-corrected chi connectivity index (χ4v) is 7.92. The Balaban J connectivity index is 1.33. The standard InChI is InChI=1S/C51H47N3/c1-5-19-49-38(4)37(3)32-41(25-18-31-53(49)43-26-14-9-15-27-43)42-29-30-45-46-28-17-16-20-36(2)51(46)54(50(45)33-42)44-34-47(39-21-10-6-7-11-22-39)52-48(35-44)40-23-12-8-13-24-40/h5-6,8-14,16-26,28-30,32-36H,3,7,15,27,31H2,1-2,4H3/b19-5-,25-18-,41-32+,49-38-. The molecular formula is C51H47N3. The average Bonchev–Trinajstić information content (AvgIpc) is 3.34. The number of pyridine rings is 1. The van der Waals surface area contributed by atoms with Crippen molar-refractivity contribution < 1.29 is 0 Å². The number of aromatic nitrogens is 2. The molecule has 0 fully saturated rings. The molecule has 3 heterocycles. The van der Waals surface area contributed by atoms with Gasteiger partial charge in [-0.1, -0.05) is 141 Å². The van der Waals surface area contributed by atoms with Gasteiger partial charge in [0.2, 0.25) is 0 Å². The molecule has 54 heavy (non-hydrogen) atoms. The molecule has 3 nitrogen and oxygen atoms in total. The van der Waals surface area contributed by atoms with Crippen LogP contribution in [0.4, 0.5) is 0 Å². The van der Waals surface area contributed by atoms with Gasteiger partial charge in [0.15, 0.2) is 0 Å². The number of rotatable bonds is 6. The number of fused-ring (bicyclic) bond motifs is 3. The Hall–Kier alpha value is -6.19. The van der Waals surface area contributed by atoms with Crippen LogP contribution in [0.25, 0.3) is 45.1 Å². The third kappa shape index (κ3) is 6.86. The van der Waals surface area contributed by atoms with Crippen molar-refractivity contribution in [1.82, 2.24) is 14.5 Å². The minimum atomic E-state index is 0.194. The second-order valence-corrected chi connectivity index (χ2v) is 14.3. The zero-order valence-corrected chi connectivity index (χ0v) is 31.5. The quantitative estimate of drug-likeness (QED) is 0.200. The van der Waals surface area contributed by atoms with Gasteiger partial charge in [0.05, 0.1) is 22.6 Å². The first-order chi connectivity index (χ1) is 26.5. The summed E-state index contributed by atoms with van der Waals surface area (Å²) in [5.74, 6) is 0.194. The molecule has 4 aromatic rings. The van der Waals surface area contributed by atoms with E-state index in [0.717, 1.165) is 70.7 Å². The van der Waals surface area contributed by atoms with E-state index < -0.39 is 0 Å². The molecule has 3 heteroatoms. The van der Waals surface area contributed by atoms with Crippen LogP contribution in [0.15, 0.2) is 187 Å². The van der Waals surface area contributed by atoms with Crippen LogP contribution in [0.5, 0.6) is 0 Å². The lowest BCUT2D eigenvalue weighted by molar-refractivity contribution is 0.460. The second kappa shape index (κ2) is 15.4. The highest BCUT2D eigenvalue weighted by molar-refractivity contribution is 5.96. The lowest BCUT2D eigenvalue weighted by atomic mass is 9.97. The molecule has 0 saturated heterocycles. The van der Waals surface area contributed by atoms with Crippen LogP contribution >= 0.6 is 0 Å². The van der Waals surface area contributed by atoms with Crippen molar-refractivity contribution in [3.8, 4) is 16.9 Å². The van der Waals surface area contributed by atoms with E-state index in [2.05, 4.69) is 201 Å². The van der Waals surface area contributed by atoms with Crippen molar-refractivity contribution in [2.24, 2.45) is 0 Å². The van der Waals surface area contributed by atoms with Crippen LogP contribution in [0.3, 0.4) is 0 Å². The van der Waals surface area contributed by atoms with E-state index in [1.54, 1.807) is 0 Å². The number of hydrogen-bond acceptors (Lipinski definition) is 2. The molecule has 0 bridgehead atoms. The minimum Gasteiger partial charge on any atom is -0.341 e. The lowest BCUT2D eigenvalue weighted by Crippen LogP contribution is -2.23. The summed E-state index contributed by atoms with van der Waals surface area (Å²) in [7, 11) is 0. The molecule has 0 saturated carbocycles. The second-order valence-electron chi connectivity index (χ2n) is 14.3. The molecule has 1 aliphatic heterocycles. The Morgan fingerprint density at radius 1 is 0.815 bits per heavy atom. The first-order valence-electron chi connectivity index (χ1n) is 19.2. The fourth-order valence-electron chi connectivity index (χ4n) is 7.92. The minimum absolute atomic E-state index is 0.194. The van der Waals surface area contributed by atoms with Crippen molar-refractivity contribution in [3.05, 3.63) is 210 Å². The molecule has 0 amide bonds. The largest absolute Gasteiger partial charge is 0.341 e. The molecular weight excluding hydrogens is 655 g/mol. The van der Waals surface area contributed by atoms with Gasteiger partial charge in [0, 0.05) is 46.1 Å². The van der Waals surface area contributed by atoms with Crippen LogP contribution < -0.4 is 0 Å². The Morgan fingerprint density at radius 3 is 2.48 bits per heavy atom. The summed E-state index contributed by atoms with van der Waals surface area (Å²) in [6, 6.07) is 22.0. The van der Waals surface area contributed by atoms with Crippen molar-refractivity contribution in [1.29, 1.82) is 0 Å². The summed E-state index contributed by atoms with van der Waals surface area (Å²) in [4.78, 5) is 7.71. The van der Waals surface area contributed by atoms with E-state index in [9.17, 15) is 0 Å². The molecule has 2 aromatic carbocycles. The third-order valence-electron chi connectivity index (χ3n) is 10.7. The van der Waals surface area contributed by atoms with Gasteiger partial charge in [-0.3, -0.25) is 0 Å². The van der Waals surface area contributed by atoms with Crippen molar-refractivity contribution in [2.75, 3.05) is 6.54 Å². The molecule has 0 radical (unpaired) electrons. The van der Waals surface area contributed by atoms with E-state index in [0.29, 0.717) is 0 Å². The van der Waals surface area contributed by atoms with E-state index >= 15 is 0 Å². The van der Waals surface area contributed by atoms with Gasteiger partial charge >= 0.3 is 0 Å². The maximum Gasteiger partial charge on any atom is 0.0730 e. The summed E-state index contributed by atoms with van der Waals surface area (Å²) in [6.07, 6.45) is 40.7. The third-order valence-corrected chi connectivity index (χ3v) is 10.7. The zero-order valence-electron chi connectivity index (χ0n) is 31.5. The van der Waals surface area contributed by atoms with Gasteiger partial charge in [-0.15, -0.1) is 0 Å². The molecule has 1 unspecified atom stereocenters. The average molecular weight is 702 g/mol. The molecule has 2 aromatic heterocycles. The topological polar surface area (TPSA) is 21.1 Å². The Morgan fingerprint density at radius 2 is 1.65 bits per heavy atom. The number of hydrogen-bond donors (Lipinski definition) is 0. The van der Waals surface area contributed by atoms with Gasteiger partial charge in [-0.2, -0.15) is 0 Å². The van der Waals surface area contributed by atoms with Crippen LogP contribution in [-0.2, 0) is 0 Å². The molecule has 0 spiro atoms.